The summed E-state index contributed by atoms with van der Waals surface area (Å²) in [7, 11) is 0. The van der Waals surface area contributed by atoms with Crippen molar-refractivity contribution in [2.75, 3.05) is 0 Å². The molecular formula is C13H13NO3. The van der Waals surface area contributed by atoms with E-state index in [9.17, 15) is 9.59 Å². The average Bonchev–Trinajstić information content (AvgIpc) is 2.29. The van der Waals surface area contributed by atoms with E-state index in [1.54, 1.807) is 6.07 Å². The van der Waals surface area contributed by atoms with Crippen LogP contribution in [0.25, 0.3) is 11.0 Å². The lowest BCUT2D eigenvalue weighted by Gasteiger charge is -2.04. The zero-order valence-electron chi connectivity index (χ0n) is 9.53. The number of hydrogen-bond donors (Lipinski definition) is 1. The Morgan fingerprint density at radius 1 is 1.41 bits per heavy atom. The largest absolute Gasteiger partial charge is 0.422 e. The Labute approximate surface area is 98.0 Å². The Morgan fingerprint density at radius 3 is 2.82 bits per heavy atom. The maximum absolute atomic E-state index is 11.6. The van der Waals surface area contributed by atoms with Crippen molar-refractivity contribution in [3.05, 3.63) is 45.8 Å². The number of para-hydroxylation sites is 1. The molecule has 0 radical (unpaired) electrons. The quantitative estimate of drug-likeness (QED) is 0.819. The summed E-state index contributed by atoms with van der Waals surface area (Å²) in [6, 6.07) is 7.07. The van der Waals surface area contributed by atoms with Crippen LogP contribution in [0, 0.1) is 0 Å². The minimum absolute atomic E-state index is 0.105. The summed E-state index contributed by atoms with van der Waals surface area (Å²) in [5.41, 5.74) is 5.84. The van der Waals surface area contributed by atoms with Crippen LogP contribution in [0.15, 0.2) is 33.5 Å². The van der Waals surface area contributed by atoms with E-state index in [0.717, 1.165) is 23.8 Å². The molecule has 0 spiro atoms. The van der Waals surface area contributed by atoms with Gasteiger partial charge in [0, 0.05) is 5.39 Å². The van der Waals surface area contributed by atoms with Gasteiger partial charge in [-0.05, 0) is 18.1 Å². The number of carbonyl (C=O) groups excluding carboxylic acids is 1. The second-order valence-electron chi connectivity index (χ2n) is 3.90. The fourth-order valence-corrected chi connectivity index (χ4v) is 1.84. The zero-order chi connectivity index (χ0) is 12.4. The van der Waals surface area contributed by atoms with Gasteiger partial charge >= 0.3 is 5.63 Å². The van der Waals surface area contributed by atoms with Crippen LogP contribution in [-0.4, -0.2) is 5.91 Å². The van der Waals surface area contributed by atoms with Crippen LogP contribution in [-0.2, 0) is 6.42 Å². The van der Waals surface area contributed by atoms with E-state index in [4.69, 9.17) is 10.2 Å². The summed E-state index contributed by atoms with van der Waals surface area (Å²) < 4.78 is 5.18. The SMILES string of the molecule is CCCc1cccc2cc(C(N)=O)c(=O)oc12. The highest BCUT2D eigenvalue weighted by molar-refractivity contribution is 5.95. The molecule has 0 aliphatic rings. The molecule has 0 unspecified atom stereocenters. The normalized spacial score (nSPS) is 10.6. The van der Waals surface area contributed by atoms with E-state index in [1.165, 1.54) is 6.07 Å². The number of hydrogen-bond acceptors (Lipinski definition) is 3. The highest BCUT2D eigenvalue weighted by Crippen LogP contribution is 2.19. The number of aryl methyl sites for hydroxylation is 1. The minimum Gasteiger partial charge on any atom is -0.422 e. The fourth-order valence-electron chi connectivity index (χ4n) is 1.84. The van der Waals surface area contributed by atoms with Crippen molar-refractivity contribution in [3.63, 3.8) is 0 Å². The van der Waals surface area contributed by atoms with Crippen molar-refractivity contribution in [1.29, 1.82) is 0 Å². The molecule has 1 aromatic heterocycles. The molecule has 0 fully saturated rings. The van der Waals surface area contributed by atoms with Crippen LogP contribution < -0.4 is 11.4 Å². The van der Waals surface area contributed by atoms with E-state index in [-0.39, 0.29) is 5.56 Å². The van der Waals surface area contributed by atoms with Crippen molar-refractivity contribution >= 4 is 16.9 Å². The Bertz CT molecular complexity index is 628. The predicted molar refractivity (Wildman–Crippen MR) is 65.0 cm³/mol. The van der Waals surface area contributed by atoms with E-state index in [2.05, 4.69) is 6.92 Å². The molecule has 4 heteroatoms. The maximum Gasteiger partial charge on any atom is 0.349 e. The summed E-state index contributed by atoms with van der Waals surface area (Å²) >= 11 is 0. The third-order valence-corrected chi connectivity index (χ3v) is 2.63. The van der Waals surface area contributed by atoms with E-state index >= 15 is 0 Å². The highest BCUT2D eigenvalue weighted by atomic mass is 16.4. The second-order valence-corrected chi connectivity index (χ2v) is 3.90. The van der Waals surface area contributed by atoms with Crippen molar-refractivity contribution < 1.29 is 9.21 Å². The molecule has 0 aliphatic heterocycles. The molecule has 17 heavy (non-hydrogen) atoms. The van der Waals surface area contributed by atoms with Crippen LogP contribution in [0.1, 0.15) is 29.3 Å². The topological polar surface area (TPSA) is 73.3 Å². The fraction of sp³-hybridized carbons (Fsp3) is 0.231. The summed E-state index contributed by atoms with van der Waals surface area (Å²) in [6.07, 6.45) is 1.79. The molecule has 4 nitrogen and oxygen atoms in total. The van der Waals surface area contributed by atoms with Gasteiger partial charge in [0.15, 0.2) is 0 Å². The molecule has 0 saturated carbocycles. The summed E-state index contributed by atoms with van der Waals surface area (Å²) in [5.74, 6) is -0.762. The smallest absolute Gasteiger partial charge is 0.349 e. The van der Waals surface area contributed by atoms with Crippen LogP contribution >= 0.6 is 0 Å². The number of nitrogens with two attached hydrogens (primary N) is 1. The lowest BCUT2D eigenvalue weighted by atomic mass is 10.1. The molecule has 0 bridgehead atoms. The molecular weight excluding hydrogens is 218 g/mol. The van der Waals surface area contributed by atoms with Crippen molar-refractivity contribution in [1.82, 2.24) is 0 Å². The van der Waals surface area contributed by atoms with Gasteiger partial charge in [-0.15, -0.1) is 0 Å². The van der Waals surface area contributed by atoms with Crippen molar-refractivity contribution in [2.45, 2.75) is 19.8 Å². The molecule has 0 aliphatic carbocycles. The van der Waals surface area contributed by atoms with E-state index in [0.29, 0.717) is 5.58 Å². The van der Waals surface area contributed by atoms with Crippen molar-refractivity contribution in [2.24, 2.45) is 5.73 Å². The monoisotopic (exact) mass is 231 g/mol. The first kappa shape index (κ1) is 11.4. The average molecular weight is 231 g/mol. The first-order chi connectivity index (χ1) is 8.13. The van der Waals surface area contributed by atoms with Gasteiger partial charge in [0.1, 0.15) is 11.1 Å². The van der Waals surface area contributed by atoms with Crippen LogP contribution in [0.3, 0.4) is 0 Å². The van der Waals surface area contributed by atoms with E-state index < -0.39 is 11.5 Å². The van der Waals surface area contributed by atoms with Gasteiger partial charge in [-0.25, -0.2) is 4.79 Å². The van der Waals surface area contributed by atoms with Gasteiger partial charge in [-0.1, -0.05) is 31.5 Å². The predicted octanol–water partition coefficient (Wildman–Crippen LogP) is 1.84. The Kier molecular flexibility index (Phi) is 2.95. The van der Waals surface area contributed by atoms with Gasteiger partial charge in [0.25, 0.3) is 5.91 Å². The number of benzene rings is 1. The van der Waals surface area contributed by atoms with Crippen molar-refractivity contribution in [3.8, 4) is 0 Å². The van der Waals surface area contributed by atoms with Gasteiger partial charge < -0.3 is 10.2 Å². The van der Waals surface area contributed by atoms with Gasteiger partial charge in [0.05, 0.1) is 0 Å². The third-order valence-electron chi connectivity index (χ3n) is 2.63. The molecule has 1 heterocycles. The molecule has 1 aromatic carbocycles. The summed E-state index contributed by atoms with van der Waals surface area (Å²) in [5, 5.41) is 0.726. The lowest BCUT2D eigenvalue weighted by Crippen LogP contribution is -2.20. The zero-order valence-corrected chi connectivity index (χ0v) is 9.53. The molecule has 2 rings (SSSR count). The number of fused-ring (bicyclic) bond motifs is 1. The Morgan fingerprint density at radius 2 is 2.18 bits per heavy atom. The van der Waals surface area contributed by atoms with E-state index in [1.807, 2.05) is 12.1 Å². The molecule has 0 saturated heterocycles. The lowest BCUT2D eigenvalue weighted by molar-refractivity contribution is 0.0997. The number of carbonyl (C=O) groups is 1. The number of primary amides is 1. The van der Waals surface area contributed by atoms with Gasteiger partial charge in [-0.2, -0.15) is 0 Å². The first-order valence-corrected chi connectivity index (χ1v) is 5.49. The second kappa shape index (κ2) is 4.41. The maximum atomic E-state index is 11.6. The molecule has 88 valence electrons. The third kappa shape index (κ3) is 2.06. The summed E-state index contributed by atoms with van der Waals surface area (Å²) in [6.45, 7) is 2.05. The minimum atomic E-state index is -0.762. The summed E-state index contributed by atoms with van der Waals surface area (Å²) in [4.78, 5) is 22.6. The molecule has 1 amide bonds. The van der Waals surface area contributed by atoms with Crippen LogP contribution in [0.5, 0.6) is 0 Å². The van der Waals surface area contributed by atoms with Gasteiger partial charge in [-0.3, -0.25) is 4.79 Å². The number of amides is 1. The Balaban J connectivity index is 2.73. The first-order valence-electron chi connectivity index (χ1n) is 5.49. The van der Waals surface area contributed by atoms with Gasteiger partial charge in [0.2, 0.25) is 0 Å². The molecule has 2 N–H and O–H groups in total. The molecule has 2 aromatic rings. The van der Waals surface area contributed by atoms with Crippen LogP contribution in [0.2, 0.25) is 0 Å². The standard InChI is InChI=1S/C13H13NO3/c1-2-4-8-5-3-6-9-7-10(12(14)15)13(16)17-11(8)9/h3,5-7H,2,4H2,1H3,(H2,14,15). The number of rotatable bonds is 3. The molecule has 0 atom stereocenters. The van der Waals surface area contributed by atoms with Crippen LogP contribution in [0.4, 0.5) is 0 Å². The highest BCUT2D eigenvalue weighted by Gasteiger charge is 2.11. The Hall–Kier alpha value is -2.10.